The Balaban J connectivity index is 1.43. The maximum atomic E-state index is 14.0. The summed E-state index contributed by atoms with van der Waals surface area (Å²) in [6, 6.07) is 12.1. The van der Waals surface area contributed by atoms with E-state index in [1.807, 2.05) is 24.3 Å². The maximum absolute atomic E-state index is 14.0. The van der Waals surface area contributed by atoms with E-state index in [-0.39, 0.29) is 24.3 Å². The third-order valence-electron chi connectivity index (χ3n) is 4.77. The number of carbonyl (C=O) groups is 1. The molecule has 0 saturated heterocycles. The van der Waals surface area contributed by atoms with E-state index < -0.39 is 5.82 Å². The lowest BCUT2D eigenvalue weighted by Gasteiger charge is -2.06. The Morgan fingerprint density at radius 3 is 2.71 bits per heavy atom. The highest BCUT2D eigenvalue weighted by Gasteiger charge is 2.44. The first-order valence-electron chi connectivity index (χ1n) is 8.64. The van der Waals surface area contributed by atoms with Gasteiger partial charge in [-0.05, 0) is 58.1 Å². The summed E-state index contributed by atoms with van der Waals surface area (Å²) in [5, 5.41) is 8.20. The summed E-state index contributed by atoms with van der Waals surface area (Å²) in [6.45, 7) is 0.163. The van der Waals surface area contributed by atoms with E-state index in [0.29, 0.717) is 25.9 Å². The van der Waals surface area contributed by atoms with Gasteiger partial charge < -0.3 is 5.32 Å². The highest BCUT2D eigenvalue weighted by atomic mass is 79.9. The van der Waals surface area contributed by atoms with Crippen LogP contribution in [-0.2, 0) is 11.3 Å². The minimum Gasteiger partial charge on any atom is -0.308 e. The van der Waals surface area contributed by atoms with Gasteiger partial charge in [0.15, 0.2) is 5.82 Å². The molecule has 0 spiro atoms. The number of hydrogen-bond donors (Lipinski definition) is 1. The summed E-state index contributed by atoms with van der Waals surface area (Å²) in [6.07, 6.45) is 2.47. The number of amides is 1. The molecule has 4 rings (SSSR count). The first kappa shape index (κ1) is 19.4. The van der Waals surface area contributed by atoms with Crippen molar-refractivity contribution in [1.82, 2.24) is 9.78 Å². The van der Waals surface area contributed by atoms with Crippen LogP contribution in [0.25, 0.3) is 0 Å². The molecular formula is C20H15BrCl2FN3O. The second-order valence-electron chi connectivity index (χ2n) is 6.71. The van der Waals surface area contributed by atoms with Crippen molar-refractivity contribution in [2.75, 3.05) is 5.32 Å². The molecule has 1 aliphatic carbocycles. The Morgan fingerprint density at radius 1 is 1.25 bits per heavy atom. The molecule has 1 aromatic heterocycles. The predicted octanol–water partition coefficient (Wildman–Crippen LogP) is 5.88. The van der Waals surface area contributed by atoms with Crippen LogP contribution in [0.1, 0.15) is 23.5 Å². The molecule has 1 heterocycles. The quantitative estimate of drug-likeness (QED) is 0.493. The summed E-state index contributed by atoms with van der Waals surface area (Å²) in [4.78, 5) is 12.6. The normalized spacial score (nSPS) is 18.1. The number of aromatic nitrogens is 2. The van der Waals surface area contributed by atoms with E-state index in [1.54, 1.807) is 18.3 Å². The van der Waals surface area contributed by atoms with Crippen LogP contribution in [0.15, 0.2) is 53.1 Å². The van der Waals surface area contributed by atoms with E-state index in [0.717, 1.165) is 12.0 Å². The smallest absolute Gasteiger partial charge is 0.229 e. The van der Waals surface area contributed by atoms with Gasteiger partial charge in [-0.2, -0.15) is 5.10 Å². The van der Waals surface area contributed by atoms with Crippen molar-refractivity contribution in [1.29, 1.82) is 0 Å². The highest BCUT2D eigenvalue weighted by molar-refractivity contribution is 9.10. The fourth-order valence-electron chi connectivity index (χ4n) is 3.18. The fraction of sp³-hybridized carbons (Fsp3) is 0.200. The Kier molecular flexibility index (Phi) is 5.45. The van der Waals surface area contributed by atoms with E-state index in [4.69, 9.17) is 23.2 Å². The fourth-order valence-corrected chi connectivity index (χ4v) is 3.94. The maximum Gasteiger partial charge on any atom is 0.229 e. The molecular weight excluding hydrogens is 468 g/mol. The van der Waals surface area contributed by atoms with Crippen molar-refractivity contribution in [2.24, 2.45) is 5.92 Å². The van der Waals surface area contributed by atoms with E-state index in [9.17, 15) is 9.18 Å². The molecule has 0 aliphatic heterocycles. The van der Waals surface area contributed by atoms with Crippen LogP contribution in [0.3, 0.4) is 0 Å². The number of benzene rings is 2. The Bertz CT molecular complexity index is 1020. The zero-order chi connectivity index (χ0) is 19.8. The minimum absolute atomic E-state index is 0.0881. The zero-order valence-electron chi connectivity index (χ0n) is 14.5. The second-order valence-corrected chi connectivity index (χ2v) is 8.41. The summed E-state index contributed by atoms with van der Waals surface area (Å²) < 4.78 is 16.1. The molecule has 144 valence electrons. The largest absolute Gasteiger partial charge is 0.308 e. The number of nitrogens with zero attached hydrogens (tertiary/aromatic N) is 2. The third-order valence-corrected chi connectivity index (χ3v) is 5.95. The van der Waals surface area contributed by atoms with Crippen LogP contribution < -0.4 is 5.32 Å². The van der Waals surface area contributed by atoms with Gasteiger partial charge in [-0.15, -0.1) is 0 Å². The second kappa shape index (κ2) is 7.85. The molecule has 1 amide bonds. The standard InChI is InChI=1S/C20H15BrCl2FN3O/c21-16-10-27(9-15-17(23)2-1-3-18(15)24)26-19(16)25-20(28)14-8-13(14)11-4-6-12(22)7-5-11/h1-7,10,13-14H,8-9H2,(H,25,26,28). The molecule has 0 bridgehead atoms. The molecule has 0 radical (unpaired) electrons. The number of hydrogen-bond acceptors (Lipinski definition) is 2. The van der Waals surface area contributed by atoms with E-state index >= 15 is 0 Å². The van der Waals surface area contributed by atoms with E-state index in [1.165, 1.54) is 10.7 Å². The molecule has 2 atom stereocenters. The lowest BCUT2D eigenvalue weighted by atomic mass is 10.1. The highest BCUT2D eigenvalue weighted by Crippen LogP contribution is 2.48. The summed E-state index contributed by atoms with van der Waals surface area (Å²) in [5.74, 6) is 0.0112. The number of carbonyl (C=O) groups excluding carboxylic acids is 1. The molecule has 1 fully saturated rings. The summed E-state index contributed by atoms with van der Waals surface area (Å²) in [7, 11) is 0. The van der Waals surface area contributed by atoms with E-state index in [2.05, 4.69) is 26.3 Å². The Labute approximate surface area is 179 Å². The molecule has 4 nitrogen and oxygen atoms in total. The van der Waals surface area contributed by atoms with Gasteiger partial charge in [0.05, 0.1) is 11.0 Å². The zero-order valence-corrected chi connectivity index (χ0v) is 17.6. The number of anilines is 1. The van der Waals surface area contributed by atoms with Crippen LogP contribution in [0.4, 0.5) is 10.2 Å². The van der Waals surface area contributed by atoms with Gasteiger partial charge in [0.1, 0.15) is 5.82 Å². The van der Waals surface area contributed by atoms with Gasteiger partial charge >= 0.3 is 0 Å². The topological polar surface area (TPSA) is 46.9 Å². The van der Waals surface area contributed by atoms with Crippen molar-refractivity contribution in [3.8, 4) is 0 Å². The number of rotatable bonds is 5. The molecule has 28 heavy (non-hydrogen) atoms. The summed E-state index contributed by atoms with van der Waals surface area (Å²) >= 11 is 15.4. The van der Waals surface area contributed by atoms with Crippen molar-refractivity contribution in [3.05, 3.63) is 80.1 Å². The monoisotopic (exact) mass is 481 g/mol. The van der Waals surface area contributed by atoms with Gasteiger partial charge in [-0.1, -0.05) is 41.4 Å². The third kappa shape index (κ3) is 4.09. The van der Waals surface area contributed by atoms with Crippen LogP contribution in [-0.4, -0.2) is 15.7 Å². The van der Waals surface area contributed by atoms with Crippen LogP contribution in [0, 0.1) is 11.7 Å². The minimum atomic E-state index is -0.395. The molecule has 2 unspecified atom stereocenters. The van der Waals surface area contributed by atoms with Gasteiger partial charge in [0, 0.05) is 27.7 Å². The van der Waals surface area contributed by atoms with Crippen LogP contribution in [0.2, 0.25) is 10.0 Å². The van der Waals surface area contributed by atoms with Crippen molar-refractivity contribution >= 4 is 50.9 Å². The lowest BCUT2D eigenvalue weighted by molar-refractivity contribution is -0.117. The van der Waals surface area contributed by atoms with Gasteiger partial charge in [-0.25, -0.2) is 4.39 Å². The lowest BCUT2D eigenvalue weighted by Crippen LogP contribution is -2.15. The number of halogens is 4. The molecule has 1 saturated carbocycles. The molecule has 2 aromatic carbocycles. The van der Waals surface area contributed by atoms with Crippen molar-refractivity contribution in [2.45, 2.75) is 18.9 Å². The Hall–Kier alpha value is -1.89. The molecule has 1 aliphatic rings. The average molecular weight is 483 g/mol. The Morgan fingerprint density at radius 2 is 2.00 bits per heavy atom. The van der Waals surface area contributed by atoms with Crippen molar-refractivity contribution in [3.63, 3.8) is 0 Å². The molecule has 8 heteroatoms. The SMILES string of the molecule is O=C(Nc1nn(Cc2c(F)cccc2Cl)cc1Br)C1CC1c1ccc(Cl)cc1. The van der Waals surface area contributed by atoms with Crippen LogP contribution in [0.5, 0.6) is 0 Å². The van der Waals surface area contributed by atoms with Gasteiger partial charge in [-0.3, -0.25) is 9.48 Å². The summed E-state index contributed by atoms with van der Waals surface area (Å²) in [5.41, 5.74) is 1.45. The molecule has 3 aromatic rings. The van der Waals surface area contributed by atoms with Gasteiger partial charge in [0.2, 0.25) is 5.91 Å². The predicted molar refractivity (Wildman–Crippen MR) is 111 cm³/mol. The first-order chi connectivity index (χ1) is 13.4. The molecule has 1 N–H and O–H groups in total. The first-order valence-corrected chi connectivity index (χ1v) is 10.2. The van der Waals surface area contributed by atoms with Crippen LogP contribution >= 0.6 is 39.1 Å². The van der Waals surface area contributed by atoms with Crippen molar-refractivity contribution < 1.29 is 9.18 Å². The average Bonchev–Trinajstić information content (AvgIpc) is 3.38. The van der Waals surface area contributed by atoms with Gasteiger partial charge in [0.25, 0.3) is 0 Å². The number of nitrogens with one attached hydrogen (secondary N) is 1.